The van der Waals surface area contributed by atoms with Crippen molar-refractivity contribution in [1.82, 2.24) is 0 Å². The van der Waals surface area contributed by atoms with E-state index in [2.05, 4.69) is 21.2 Å². The van der Waals surface area contributed by atoms with Crippen LogP contribution in [0.1, 0.15) is 5.56 Å². The van der Waals surface area contributed by atoms with E-state index in [1.54, 1.807) is 33.5 Å². The molecule has 0 aliphatic carbocycles. The van der Waals surface area contributed by atoms with Gasteiger partial charge in [0.15, 0.2) is 11.5 Å². The van der Waals surface area contributed by atoms with Crippen LogP contribution in [-0.4, -0.2) is 27.2 Å². The van der Waals surface area contributed by atoms with Crippen molar-refractivity contribution in [1.29, 1.82) is 0 Å². The second-order valence-corrected chi connectivity index (χ2v) is 5.68. The molecule has 0 aliphatic heterocycles. The van der Waals surface area contributed by atoms with Crippen molar-refractivity contribution in [2.45, 2.75) is 6.42 Å². The lowest BCUT2D eigenvalue weighted by atomic mass is 10.1. The highest BCUT2D eigenvalue weighted by molar-refractivity contribution is 9.10. The Morgan fingerprint density at radius 2 is 1.70 bits per heavy atom. The van der Waals surface area contributed by atoms with Gasteiger partial charge in [-0.25, -0.2) is 0 Å². The van der Waals surface area contributed by atoms with Crippen molar-refractivity contribution < 1.29 is 19.0 Å². The van der Waals surface area contributed by atoms with E-state index in [4.69, 9.17) is 14.2 Å². The SMILES string of the molecule is COc1cc(CC(=O)Nc2cccc(Br)c2)cc(OC)c1OC. The molecule has 122 valence electrons. The number of nitrogens with one attached hydrogen (secondary N) is 1. The summed E-state index contributed by atoms with van der Waals surface area (Å²) in [6.45, 7) is 0. The van der Waals surface area contributed by atoms with Crippen molar-refractivity contribution in [2.75, 3.05) is 26.6 Å². The molecule has 0 saturated heterocycles. The molecular weight excluding hydrogens is 362 g/mol. The predicted molar refractivity (Wildman–Crippen MR) is 92.6 cm³/mol. The predicted octanol–water partition coefficient (Wildman–Crippen LogP) is 3.66. The molecule has 1 amide bonds. The van der Waals surface area contributed by atoms with Crippen LogP contribution in [0.2, 0.25) is 0 Å². The van der Waals surface area contributed by atoms with Crippen molar-refractivity contribution >= 4 is 27.5 Å². The van der Waals surface area contributed by atoms with Gasteiger partial charge in [-0.3, -0.25) is 4.79 Å². The van der Waals surface area contributed by atoms with Crippen LogP contribution in [-0.2, 0) is 11.2 Å². The van der Waals surface area contributed by atoms with Crippen LogP contribution in [0.25, 0.3) is 0 Å². The fourth-order valence-electron chi connectivity index (χ4n) is 2.19. The number of carbonyl (C=O) groups is 1. The van der Waals surface area contributed by atoms with E-state index in [1.807, 2.05) is 24.3 Å². The minimum Gasteiger partial charge on any atom is -0.493 e. The van der Waals surface area contributed by atoms with Crippen molar-refractivity contribution in [2.24, 2.45) is 0 Å². The smallest absolute Gasteiger partial charge is 0.228 e. The van der Waals surface area contributed by atoms with E-state index < -0.39 is 0 Å². The molecule has 0 fully saturated rings. The Labute approximate surface area is 143 Å². The van der Waals surface area contributed by atoms with E-state index in [0.717, 1.165) is 15.7 Å². The van der Waals surface area contributed by atoms with Crippen molar-refractivity contribution in [3.8, 4) is 17.2 Å². The summed E-state index contributed by atoms with van der Waals surface area (Å²) in [5.74, 6) is 1.43. The lowest BCUT2D eigenvalue weighted by Gasteiger charge is -2.14. The summed E-state index contributed by atoms with van der Waals surface area (Å²) < 4.78 is 16.8. The number of ether oxygens (including phenoxy) is 3. The molecule has 6 heteroatoms. The first-order chi connectivity index (χ1) is 11.1. The fraction of sp³-hybridized carbons (Fsp3) is 0.235. The molecule has 2 rings (SSSR count). The average molecular weight is 380 g/mol. The zero-order chi connectivity index (χ0) is 16.8. The molecule has 0 spiro atoms. The van der Waals surface area contributed by atoms with Crippen molar-refractivity contribution in [3.63, 3.8) is 0 Å². The quantitative estimate of drug-likeness (QED) is 0.831. The van der Waals surface area contributed by atoms with Gasteiger partial charge in [0.1, 0.15) is 0 Å². The van der Waals surface area contributed by atoms with Gasteiger partial charge in [0, 0.05) is 10.2 Å². The van der Waals surface area contributed by atoms with Gasteiger partial charge < -0.3 is 19.5 Å². The Bertz CT molecular complexity index is 678. The largest absolute Gasteiger partial charge is 0.493 e. The number of hydrogen-bond acceptors (Lipinski definition) is 4. The minimum atomic E-state index is -0.127. The summed E-state index contributed by atoms with van der Waals surface area (Å²) in [5, 5.41) is 2.85. The molecule has 0 aromatic heterocycles. The number of methoxy groups -OCH3 is 3. The molecule has 0 aliphatic rings. The zero-order valence-electron chi connectivity index (χ0n) is 13.2. The Morgan fingerprint density at radius 3 is 2.22 bits per heavy atom. The lowest BCUT2D eigenvalue weighted by molar-refractivity contribution is -0.115. The van der Waals surface area contributed by atoms with Gasteiger partial charge in [0.25, 0.3) is 0 Å². The van der Waals surface area contributed by atoms with Crippen molar-refractivity contribution in [3.05, 3.63) is 46.4 Å². The van der Waals surface area contributed by atoms with E-state index in [1.165, 1.54) is 0 Å². The highest BCUT2D eigenvalue weighted by Crippen LogP contribution is 2.38. The van der Waals surface area contributed by atoms with Crippen LogP contribution in [0.5, 0.6) is 17.2 Å². The van der Waals surface area contributed by atoms with Gasteiger partial charge in [-0.05, 0) is 35.9 Å². The second-order valence-electron chi connectivity index (χ2n) is 4.77. The number of carbonyl (C=O) groups excluding carboxylic acids is 1. The van der Waals surface area contributed by atoms with Crippen LogP contribution in [0, 0.1) is 0 Å². The standard InChI is InChI=1S/C17H18BrNO4/c1-21-14-7-11(8-15(22-2)17(14)23-3)9-16(20)19-13-6-4-5-12(18)10-13/h4-8,10H,9H2,1-3H3,(H,19,20). The first-order valence-electron chi connectivity index (χ1n) is 6.91. The first-order valence-corrected chi connectivity index (χ1v) is 7.71. The summed E-state index contributed by atoms with van der Waals surface area (Å²) in [7, 11) is 4.63. The number of benzene rings is 2. The molecule has 0 bridgehead atoms. The van der Waals surface area contributed by atoms with Gasteiger partial charge in [-0.2, -0.15) is 0 Å². The molecule has 2 aromatic rings. The average Bonchev–Trinajstić information content (AvgIpc) is 2.53. The Kier molecular flexibility index (Phi) is 5.87. The zero-order valence-corrected chi connectivity index (χ0v) is 14.8. The number of halogens is 1. The minimum absolute atomic E-state index is 0.127. The number of amides is 1. The summed E-state index contributed by atoms with van der Waals surface area (Å²) >= 11 is 3.37. The van der Waals surface area contributed by atoms with Gasteiger partial charge in [0.2, 0.25) is 11.7 Å². The number of rotatable bonds is 6. The summed E-state index contributed by atoms with van der Waals surface area (Å²) in [5.41, 5.74) is 1.50. The van der Waals surface area contributed by atoms with Crippen LogP contribution < -0.4 is 19.5 Å². The van der Waals surface area contributed by atoms with Gasteiger partial charge in [0.05, 0.1) is 27.8 Å². The molecule has 2 aromatic carbocycles. The fourth-order valence-corrected chi connectivity index (χ4v) is 2.59. The summed E-state index contributed by atoms with van der Waals surface area (Å²) in [6.07, 6.45) is 0.198. The molecule has 0 heterocycles. The molecule has 1 N–H and O–H groups in total. The maximum absolute atomic E-state index is 12.2. The maximum Gasteiger partial charge on any atom is 0.228 e. The van der Waals surface area contributed by atoms with Crippen LogP contribution >= 0.6 is 15.9 Å². The number of anilines is 1. The topological polar surface area (TPSA) is 56.8 Å². The Balaban J connectivity index is 2.17. The molecule has 0 radical (unpaired) electrons. The van der Waals surface area contributed by atoms with E-state index >= 15 is 0 Å². The summed E-state index contributed by atoms with van der Waals surface area (Å²) in [4.78, 5) is 12.2. The highest BCUT2D eigenvalue weighted by atomic mass is 79.9. The Hall–Kier alpha value is -2.21. The molecule has 0 saturated carbocycles. The third kappa shape index (κ3) is 4.39. The van der Waals surface area contributed by atoms with Crippen LogP contribution in [0.4, 0.5) is 5.69 Å². The highest BCUT2D eigenvalue weighted by Gasteiger charge is 2.15. The van der Waals surface area contributed by atoms with Crippen LogP contribution in [0.15, 0.2) is 40.9 Å². The van der Waals surface area contributed by atoms with Gasteiger partial charge in [-0.15, -0.1) is 0 Å². The van der Waals surface area contributed by atoms with Gasteiger partial charge in [-0.1, -0.05) is 22.0 Å². The first kappa shape index (κ1) is 17.1. The lowest BCUT2D eigenvalue weighted by Crippen LogP contribution is -2.14. The second kappa shape index (κ2) is 7.87. The third-order valence-electron chi connectivity index (χ3n) is 3.20. The Morgan fingerprint density at radius 1 is 1.04 bits per heavy atom. The van der Waals surface area contributed by atoms with E-state index in [9.17, 15) is 4.79 Å². The van der Waals surface area contributed by atoms with E-state index in [-0.39, 0.29) is 12.3 Å². The number of hydrogen-bond donors (Lipinski definition) is 1. The molecule has 23 heavy (non-hydrogen) atoms. The molecular formula is C17H18BrNO4. The van der Waals surface area contributed by atoms with Gasteiger partial charge >= 0.3 is 0 Å². The van der Waals surface area contributed by atoms with E-state index in [0.29, 0.717) is 17.2 Å². The molecule has 0 atom stereocenters. The van der Waals surface area contributed by atoms with Crippen LogP contribution in [0.3, 0.4) is 0 Å². The molecule has 5 nitrogen and oxygen atoms in total. The monoisotopic (exact) mass is 379 g/mol. The molecule has 0 unspecified atom stereocenters. The normalized spacial score (nSPS) is 10.1. The maximum atomic E-state index is 12.2. The summed E-state index contributed by atoms with van der Waals surface area (Å²) in [6, 6.07) is 11.0. The third-order valence-corrected chi connectivity index (χ3v) is 3.69.